The molecule has 19 heavy (non-hydrogen) atoms. The van der Waals surface area contributed by atoms with Gasteiger partial charge in [0.15, 0.2) is 0 Å². The highest BCUT2D eigenvalue weighted by Crippen LogP contribution is 2.21. The Morgan fingerprint density at radius 3 is 2.32 bits per heavy atom. The second-order valence-corrected chi connectivity index (χ2v) is 4.21. The molecular weight excluding hydrogens is 240 g/mol. The number of carbonyl (C=O) groups is 1. The maximum absolute atomic E-state index is 11.9. The van der Waals surface area contributed by atoms with Crippen molar-refractivity contribution in [1.82, 2.24) is 0 Å². The van der Waals surface area contributed by atoms with Crippen LogP contribution in [0.5, 0.6) is 11.5 Å². The van der Waals surface area contributed by atoms with E-state index in [9.17, 15) is 9.90 Å². The molecule has 0 fully saturated rings. The van der Waals surface area contributed by atoms with Crippen LogP contribution < -0.4 is 4.74 Å². The van der Waals surface area contributed by atoms with E-state index in [1.54, 1.807) is 24.3 Å². The third-order valence-corrected chi connectivity index (χ3v) is 2.68. The average molecular weight is 254 g/mol. The first-order valence-electron chi connectivity index (χ1n) is 5.84. The highest BCUT2D eigenvalue weighted by Gasteiger charge is 2.12. The summed E-state index contributed by atoms with van der Waals surface area (Å²) in [7, 11) is 0. The number of hydrogen-bond acceptors (Lipinski definition) is 3. The quantitative estimate of drug-likeness (QED) is 0.671. The summed E-state index contributed by atoms with van der Waals surface area (Å²) < 4.78 is 5.19. The van der Waals surface area contributed by atoms with Gasteiger partial charge in [-0.2, -0.15) is 0 Å². The molecule has 0 aliphatic heterocycles. The monoisotopic (exact) mass is 254 g/mol. The lowest BCUT2D eigenvalue weighted by molar-refractivity contribution is 0.0731. The lowest BCUT2D eigenvalue weighted by Crippen LogP contribution is -2.08. The van der Waals surface area contributed by atoms with Gasteiger partial charge in [-0.05, 0) is 36.8 Å². The van der Waals surface area contributed by atoms with E-state index >= 15 is 0 Å². The van der Waals surface area contributed by atoms with Gasteiger partial charge in [0.2, 0.25) is 0 Å². The summed E-state index contributed by atoms with van der Waals surface area (Å²) in [4.78, 5) is 11.9. The largest absolute Gasteiger partial charge is 0.507 e. The summed E-state index contributed by atoms with van der Waals surface area (Å²) >= 11 is 0. The van der Waals surface area contributed by atoms with Gasteiger partial charge in [-0.25, -0.2) is 4.79 Å². The smallest absolute Gasteiger partial charge is 0.347 e. The standard InChI is InChI=1S/C16H14O3/c1-11(2)12-7-9-13(10-8-12)19-16(18)14-5-3-4-6-15(14)17/h3-10,17H,1H2,2H3. The predicted molar refractivity (Wildman–Crippen MR) is 74.2 cm³/mol. The van der Waals surface area contributed by atoms with Gasteiger partial charge in [0.05, 0.1) is 0 Å². The van der Waals surface area contributed by atoms with E-state index in [-0.39, 0.29) is 11.3 Å². The van der Waals surface area contributed by atoms with Gasteiger partial charge in [-0.3, -0.25) is 0 Å². The molecule has 2 rings (SSSR count). The number of benzene rings is 2. The molecule has 0 bridgehead atoms. The van der Waals surface area contributed by atoms with Crippen LogP contribution in [0.2, 0.25) is 0 Å². The number of phenolic OH excluding ortho intramolecular Hbond substituents is 1. The van der Waals surface area contributed by atoms with E-state index < -0.39 is 5.97 Å². The maximum Gasteiger partial charge on any atom is 0.347 e. The van der Waals surface area contributed by atoms with E-state index in [1.807, 2.05) is 19.1 Å². The summed E-state index contributed by atoms with van der Waals surface area (Å²) in [6, 6.07) is 13.3. The molecule has 0 aromatic heterocycles. The van der Waals surface area contributed by atoms with Crippen LogP contribution in [0.1, 0.15) is 22.8 Å². The second kappa shape index (κ2) is 5.40. The minimum atomic E-state index is -0.582. The molecule has 0 aliphatic carbocycles. The number of carbonyl (C=O) groups excluding carboxylic acids is 1. The first-order valence-corrected chi connectivity index (χ1v) is 5.84. The van der Waals surface area contributed by atoms with Crippen LogP contribution in [-0.4, -0.2) is 11.1 Å². The Morgan fingerprint density at radius 2 is 1.74 bits per heavy atom. The zero-order valence-corrected chi connectivity index (χ0v) is 10.6. The van der Waals surface area contributed by atoms with Crippen LogP contribution in [0, 0.1) is 0 Å². The minimum absolute atomic E-state index is 0.0916. The fraction of sp³-hybridized carbons (Fsp3) is 0.0625. The SMILES string of the molecule is C=C(C)c1ccc(OC(=O)c2ccccc2O)cc1. The molecule has 1 N–H and O–H groups in total. The molecule has 3 heteroatoms. The number of phenols is 1. The van der Waals surface area contributed by atoms with Crippen molar-refractivity contribution < 1.29 is 14.6 Å². The van der Waals surface area contributed by atoms with Crippen LogP contribution in [-0.2, 0) is 0 Å². The molecule has 0 saturated carbocycles. The molecule has 0 spiro atoms. The van der Waals surface area contributed by atoms with E-state index in [2.05, 4.69) is 6.58 Å². The van der Waals surface area contributed by atoms with Crippen molar-refractivity contribution in [3.63, 3.8) is 0 Å². The third-order valence-electron chi connectivity index (χ3n) is 2.68. The van der Waals surface area contributed by atoms with Crippen molar-refractivity contribution in [3.05, 3.63) is 66.2 Å². The molecule has 3 nitrogen and oxygen atoms in total. The number of esters is 1. The van der Waals surface area contributed by atoms with Crippen molar-refractivity contribution in [1.29, 1.82) is 0 Å². The third kappa shape index (κ3) is 3.01. The van der Waals surface area contributed by atoms with Crippen molar-refractivity contribution >= 4 is 11.5 Å². The van der Waals surface area contributed by atoms with E-state index in [4.69, 9.17) is 4.74 Å². The van der Waals surface area contributed by atoms with Gasteiger partial charge >= 0.3 is 5.97 Å². The molecule has 0 radical (unpaired) electrons. The van der Waals surface area contributed by atoms with Gasteiger partial charge in [0.1, 0.15) is 17.1 Å². The molecular formula is C16H14O3. The highest BCUT2D eigenvalue weighted by atomic mass is 16.5. The Balaban J connectivity index is 2.15. The predicted octanol–water partition coefficient (Wildman–Crippen LogP) is 3.64. The van der Waals surface area contributed by atoms with E-state index in [1.165, 1.54) is 12.1 Å². The number of hydrogen-bond donors (Lipinski definition) is 1. The molecule has 96 valence electrons. The summed E-state index contributed by atoms with van der Waals surface area (Å²) in [5, 5.41) is 9.56. The highest BCUT2D eigenvalue weighted by molar-refractivity contribution is 5.93. The molecule has 0 unspecified atom stereocenters. The Hall–Kier alpha value is -2.55. The first kappa shape index (κ1) is 12.9. The normalized spacial score (nSPS) is 9.95. The zero-order chi connectivity index (χ0) is 13.8. The molecule has 0 heterocycles. The molecule has 0 atom stereocenters. The summed E-state index contributed by atoms with van der Waals surface area (Å²) in [6.07, 6.45) is 0. The van der Waals surface area contributed by atoms with Crippen molar-refractivity contribution in [2.75, 3.05) is 0 Å². The topological polar surface area (TPSA) is 46.5 Å². The number of aromatic hydroxyl groups is 1. The van der Waals surface area contributed by atoms with Crippen molar-refractivity contribution in [2.24, 2.45) is 0 Å². The number of ether oxygens (including phenoxy) is 1. The maximum atomic E-state index is 11.9. The van der Waals surface area contributed by atoms with Crippen LogP contribution >= 0.6 is 0 Å². The molecule has 2 aromatic carbocycles. The second-order valence-electron chi connectivity index (χ2n) is 4.21. The van der Waals surface area contributed by atoms with E-state index in [0.717, 1.165) is 11.1 Å². The Labute approximate surface area is 111 Å². The Morgan fingerprint density at radius 1 is 1.11 bits per heavy atom. The van der Waals surface area contributed by atoms with Crippen molar-refractivity contribution in [2.45, 2.75) is 6.92 Å². The average Bonchev–Trinajstić information content (AvgIpc) is 2.39. The van der Waals surface area contributed by atoms with Gasteiger partial charge in [0, 0.05) is 0 Å². The fourth-order valence-corrected chi connectivity index (χ4v) is 1.62. The summed E-state index contributed by atoms with van der Waals surface area (Å²) in [6.45, 7) is 5.74. The minimum Gasteiger partial charge on any atom is -0.507 e. The van der Waals surface area contributed by atoms with Crippen LogP contribution in [0.4, 0.5) is 0 Å². The lowest BCUT2D eigenvalue weighted by atomic mass is 10.1. The van der Waals surface area contributed by atoms with Crippen molar-refractivity contribution in [3.8, 4) is 11.5 Å². The van der Waals surface area contributed by atoms with Crippen LogP contribution in [0.15, 0.2) is 55.1 Å². The Bertz CT molecular complexity index is 612. The van der Waals surface area contributed by atoms with Gasteiger partial charge < -0.3 is 9.84 Å². The molecule has 2 aromatic rings. The van der Waals surface area contributed by atoms with Gasteiger partial charge in [0.25, 0.3) is 0 Å². The molecule has 0 amide bonds. The molecule has 0 aliphatic rings. The number of rotatable bonds is 3. The molecule has 0 saturated heterocycles. The van der Waals surface area contributed by atoms with Crippen LogP contribution in [0.3, 0.4) is 0 Å². The fourth-order valence-electron chi connectivity index (χ4n) is 1.62. The number of allylic oxidation sites excluding steroid dienone is 1. The number of para-hydroxylation sites is 1. The van der Waals surface area contributed by atoms with E-state index in [0.29, 0.717) is 5.75 Å². The summed E-state index contributed by atoms with van der Waals surface area (Å²) in [5.41, 5.74) is 2.08. The van der Waals surface area contributed by atoms with Gasteiger partial charge in [-0.15, -0.1) is 0 Å². The lowest BCUT2D eigenvalue weighted by Gasteiger charge is -2.06. The first-order chi connectivity index (χ1) is 9.08. The van der Waals surface area contributed by atoms with Crippen LogP contribution in [0.25, 0.3) is 5.57 Å². The zero-order valence-electron chi connectivity index (χ0n) is 10.6. The van der Waals surface area contributed by atoms with Gasteiger partial charge in [-0.1, -0.05) is 36.4 Å². The Kier molecular flexibility index (Phi) is 3.66. The summed E-state index contributed by atoms with van der Waals surface area (Å²) in [5.74, 6) is -0.245.